The molecule has 1 aromatic rings. The Labute approximate surface area is 108 Å². The zero-order valence-electron chi connectivity index (χ0n) is 10.7. The minimum atomic E-state index is -4.82. The van der Waals surface area contributed by atoms with E-state index >= 15 is 0 Å². The predicted octanol–water partition coefficient (Wildman–Crippen LogP) is 3.02. The highest BCUT2D eigenvalue weighted by molar-refractivity contribution is 5.80. The van der Waals surface area contributed by atoms with Crippen LogP contribution in [0, 0.1) is 5.21 Å². The number of phenols is 1. The van der Waals surface area contributed by atoms with Crippen molar-refractivity contribution in [2.45, 2.75) is 32.7 Å². The molecule has 0 aliphatic carbocycles. The second-order valence-electron chi connectivity index (χ2n) is 4.89. The summed E-state index contributed by atoms with van der Waals surface area (Å²) in [5.74, 6) is -0.807. The van der Waals surface area contributed by atoms with Gasteiger partial charge in [-0.1, -0.05) is 0 Å². The van der Waals surface area contributed by atoms with Gasteiger partial charge in [0.15, 0.2) is 11.8 Å². The van der Waals surface area contributed by atoms with Crippen LogP contribution < -0.4 is 4.74 Å². The average molecular weight is 277 g/mol. The van der Waals surface area contributed by atoms with Crippen molar-refractivity contribution in [2.75, 3.05) is 0 Å². The number of aromatic hydroxyl groups is 1. The van der Waals surface area contributed by atoms with Gasteiger partial charge >= 0.3 is 6.36 Å². The summed E-state index contributed by atoms with van der Waals surface area (Å²) in [5.41, 5.74) is -0.820. The number of rotatable bonds is 2. The summed E-state index contributed by atoms with van der Waals surface area (Å²) in [6.45, 7) is 4.89. The number of hydrogen-bond donors (Lipinski definition) is 1. The van der Waals surface area contributed by atoms with Crippen molar-refractivity contribution in [3.8, 4) is 11.5 Å². The van der Waals surface area contributed by atoms with Crippen molar-refractivity contribution >= 4 is 6.21 Å². The van der Waals surface area contributed by atoms with Gasteiger partial charge in [-0.05, 0) is 18.2 Å². The quantitative estimate of drug-likeness (QED) is 0.391. The molecule has 0 aliphatic heterocycles. The lowest BCUT2D eigenvalue weighted by molar-refractivity contribution is -0.530. The number of halogens is 3. The van der Waals surface area contributed by atoms with Crippen molar-refractivity contribution in [3.05, 3.63) is 29.0 Å². The molecule has 0 aromatic heterocycles. The van der Waals surface area contributed by atoms with Crippen molar-refractivity contribution in [3.63, 3.8) is 0 Å². The van der Waals surface area contributed by atoms with Crippen LogP contribution in [0.5, 0.6) is 11.5 Å². The first-order valence-electron chi connectivity index (χ1n) is 5.39. The van der Waals surface area contributed by atoms with Crippen LogP contribution in [0.1, 0.15) is 26.3 Å². The molecule has 0 atom stereocenters. The summed E-state index contributed by atoms with van der Waals surface area (Å²) in [5, 5.41) is 21.2. The van der Waals surface area contributed by atoms with E-state index in [1.54, 1.807) is 20.8 Å². The van der Waals surface area contributed by atoms with Gasteiger partial charge in [0, 0.05) is 20.8 Å². The molecule has 4 nitrogen and oxygen atoms in total. The van der Waals surface area contributed by atoms with Gasteiger partial charge in [0.1, 0.15) is 11.5 Å². The Morgan fingerprint density at radius 3 is 2.32 bits per heavy atom. The number of phenolic OH excluding ortho intramolecular Hbond substituents is 1. The summed E-state index contributed by atoms with van der Waals surface area (Å²) in [6.07, 6.45) is -3.81. The van der Waals surface area contributed by atoms with E-state index in [1.807, 2.05) is 0 Å². The standard InChI is InChI=1S/C12H14F3NO3/c1-11(2,3)16(18)7-8-6-9(4-5-10(8)17)19-12(13,14)15/h4-7,17H,1-3H3. The summed E-state index contributed by atoms with van der Waals surface area (Å²) in [6, 6.07) is 2.94. The number of benzene rings is 1. The number of nitrogens with zero attached hydrogens (tertiary/aromatic N) is 1. The van der Waals surface area contributed by atoms with Crippen LogP contribution in [0.3, 0.4) is 0 Å². The first kappa shape index (κ1) is 15.1. The second-order valence-corrected chi connectivity index (χ2v) is 4.89. The molecule has 106 valence electrons. The molecule has 1 aromatic carbocycles. The van der Waals surface area contributed by atoms with Crippen LogP contribution in [0.4, 0.5) is 13.2 Å². The zero-order chi connectivity index (χ0) is 14.8. The van der Waals surface area contributed by atoms with Gasteiger partial charge in [0.25, 0.3) is 0 Å². The maximum absolute atomic E-state index is 12.1. The number of alkyl halides is 3. The lowest BCUT2D eigenvalue weighted by Gasteiger charge is -2.19. The summed E-state index contributed by atoms with van der Waals surface area (Å²) >= 11 is 0. The minimum absolute atomic E-state index is 0.0494. The Bertz CT molecular complexity index is 490. The fraction of sp³-hybridized carbons (Fsp3) is 0.417. The molecule has 1 rings (SSSR count). The average Bonchev–Trinajstić information content (AvgIpc) is 2.19. The third kappa shape index (κ3) is 4.69. The lowest BCUT2D eigenvalue weighted by atomic mass is 10.1. The van der Waals surface area contributed by atoms with E-state index in [1.165, 1.54) is 0 Å². The highest BCUT2D eigenvalue weighted by Crippen LogP contribution is 2.27. The molecule has 0 amide bonds. The van der Waals surface area contributed by atoms with E-state index in [0.29, 0.717) is 4.74 Å². The molecule has 0 saturated carbocycles. The first-order valence-corrected chi connectivity index (χ1v) is 5.39. The van der Waals surface area contributed by atoms with Crippen molar-refractivity contribution in [2.24, 2.45) is 0 Å². The minimum Gasteiger partial charge on any atom is -0.623 e. The van der Waals surface area contributed by atoms with Crippen molar-refractivity contribution in [1.29, 1.82) is 0 Å². The SMILES string of the molecule is CC(C)(C)[N+]([O-])=Cc1cc(OC(F)(F)F)ccc1O. The third-order valence-electron chi connectivity index (χ3n) is 2.15. The van der Waals surface area contributed by atoms with E-state index in [0.717, 1.165) is 24.4 Å². The molecule has 0 unspecified atom stereocenters. The summed E-state index contributed by atoms with van der Waals surface area (Å²) in [7, 11) is 0. The van der Waals surface area contributed by atoms with Crippen LogP contribution in [-0.2, 0) is 0 Å². The van der Waals surface area contributed by atoms with E-state index in [4.69, 9.17) is 0 Å². The van der Waals surface area contributed by atoms with Crippen molar-refractivity contribution < 1.29 is 27.8 Å². The Hall–Kier alpha value is -1.92. The number of hydroxylamine groups is 1. The van der Waals surface area contributed by atoms with Gasteiger partial charge in [-0.15, -0.1) is 13.2 Å². The maximum atomic E-state index is 12.1. The molecule has 19 heavy (non-hydrogen) atoms. The smallest absolute Gasteiger partial charge is 0.573 e. The monoisotopic (exact) mass is 277 g/mol. The van der Waals surface area contributed by atoms with Crippen LogP contribution in [0.25, 0.3) is 0 Å². The van der Waals surface area contributed by atoms with Crippen LogP contribution in [0.15, 0.2) is 18.2 Å². The summed E-state index contributed by atoms with van der Waals surface area (Å²) < 4.78 is 40.4. The molecule has 0 fully saturated rings. The molecule has 0 heterocycles. The lowest BCUT2D eigenvalue weighted by Crippen LogP contribution is -2.29. The highest BCUT2D eigenvalue weighted by atomic mass is 19.4. The molecule has 0 spiro atoms. The zero-order valence-corrected chi connectivity index (χ0v) is 10.7. The van der Waals surface area contributed by atoms with E-state index in [-0.39, 0.29) is 11.3 Å². The van der Waals surface area contributed by atoms with Gasteiger partial charge in [-0.25, -0.2) is 4.74 Å². The van der Waals surface area contributed by atoms with E-state index in [9.17, 15) is 23.5 Å². The Morgan fingerprint density at radius 2 is 1.84 bits per heavy atom. The van der Waals surface area contributed by atoms with Crippen molar-refractivity contribution in [1.82, 2.24) is 0 Å². The third-order valence-corrected chi connectivity index (χ3v) is 2.15. The van der Waals surface area contributed by atoms with E-state index in [2.05, 4.69) is 4.74 Å². The van der Waals surface area contributed by atoms with Gasteiger partial charge in [0.05, 0.1) is 5.56 Å². The molecular weight excluding hydrogens is 263 g/mol. The van der Waals surface area contributed by atoms with Crippen LogP contribution >= 0.6 is 0 Å². The molecule has 0 bridgehead atoms. The Kier molecular flexibility index (Phi) is 3.97. The van der Waals surface area contributed by atoms with Crippen LogP contribution in [-0.4, -0.2) is 28.0 Å². The fourth-order valence-corrected chi connectivity index (χ4v) is 1.15. The second kappa shape index (κ2) is 4.99. The van der Waals surface area contributed by atoms with Gasteiger partial charge in [0.2, 0.25) is 0 Å². The number of hydrogen-bond acceptors (Lipinski definition) is 3. The van der Waals surface area contributed by atoms with E-state index < -0.39 is 17.7 Å². The first-order chi connectivity index (χ1) is 8.49. The molecule has 7 heteroatoms. The number of ether oxygens (including phenoxy) is 1. The Balaban J connectivity index is 3.12. The maximum Gasteiger partial charge on any atom is 0.573 e. The molecule has 1 N–H and O–H groups in total. The predicted molar refractivity (Wildman–Crippen MR) is 63.3 cm³/mol. The summed E-state index contributed by atoms with van der Waals surface area (Å²) in [4.78, 5) is 0. The highest BCUT2D eigenvalue weighted by Gasteiger charge is 2.31. The normalized spacial score (nSPS) is 13.5. The van der Waals surface area contributed by atoms with Gasteiger partial charge < -0.3 is 15.1 Å². The topological polar surface area (TPSA) is 55.5 Å². The molecule has 0 aliphatic rings. The largest absolute Gasteiger partial charge is 0.623 e. The molecule has 0 saturated heterocycles. The van der Waals surface area contributed by atoms with Gasteiger partial charge in [-0.3, -0.25) is 0 Å². The molecule has 0 radical (unpaired) electrons. The van der Waals surface area contributed by atoms with Gasteiger partial charge in [-0.2, -0.15) is 0 Å². The Morgan fingerprint density at radius 1 is 1.26 bits per heavy atom. The fourth-order valence-electron chi connectivity index (χ4n) is 1.15. The van der Waals surface area contributed by atoms with Crippen LogP contribution in [0.2, 0.25) is 0 Å². The molecular formula is C12H14F3NO3.